The van der Waals surface area contributed by atoms with Crippen LogP contribution in [0.1, 0.15) is 6.92 Å². The summed E-state index contributed by atoms with van der Waals surface area (Å²) < 4.78 is 29.1. The molecule has 1 aromatic carbocycles. The first kappa shape index (κ1) is 11.1. The van der Waals surface area contributed by atoms with Gasteiger partial charge in [0.2, 0.25) is 0 Å². The number of hydrogen-bond acceptors (Lipinski definition) is 4. The van der Waals surface area contributed by atoms with Gasteiger partial charge in [0.25, 0.3) is 0 Å². The molecule has 0 aromatic heterocycles. The first-order valence-corrected chi connectivity index (χ1v) is 6.53. The summed E-state index contributed by atoms with van der Waals surface area (Å²) in [6.45, 7) is 1.88. The molecule has 16 heavy (non-hydrogen) atoms. The molecule has 0 aliphatic carbocycles. The summed E-state index contributed by atoms with van der Waals surface area (Å²) in [5, 5.41) is -1.06. The molecule has 0 amide bonds. The fourth-order valence-corrected chi connectivity index (χ4v) is 3.65. The van der Waals surface area contributed by atoms with E-state index in [2.05, 4.69) is 0 Å². The Morgan fingerprint density at radius 1 is 1.25 bits per heavy atom. The summed E-state index contributed by atoms with van der Waals surface area (Å²) >= 11 is 0. The van der Waals surface area contributed by atoms with E-state index in [1.165, 1.54) is 12.1 Å². The lowest BCUT2D eigenvalue weighted by atomic mass is 10.1. The first-order valence-electron chi connectivity index (χ1n) is 4.99. The molecular weight excluding hydrogens is 228 g/mol. The van der Waals surface area contributed by atoms with Gasteiger partial charge in [0, 0.05) is 5.92 Å². The molecular formula is C11H12O4S. The Morgan fingerprint density at radius 3 is 2.38 bits per heavy atom. The van der Waals surface area contributed by atoms with Gasteiger partial charge >= 0.3 is 5.97 Å². The van der Waals surface area contributed by atoms with Gasteiger partial charge in [-0.05, 0) is 12.1 Å². The molecule has 1 heterocycles. The lowest BCUT2D eigenvalue weighted by Crippen LogP contribution is -2.30. The Labute approximate surface area is 94.2 Å². The Morgan fingerprint density at radius 2 is 1.88 bits per heavy atom. The molecule has 0 bridgehead atoms. The van der Waals surface area contributed by atoms with E-state index in [0.29, 0.717) is 0 Å². The third-order valence-corrected chi connectivity index (χ3v) is 4.90. The van der Waals surface area contributed by atoms with Gasteiger partial charge in [0.1, 0.15) is 0 Å². The molecule has 1 fully saturated rings. The minimum Gasteiger partial charge on any atom is -0.464 e. The number of carbonyl (C=O) groups is 1. The lowest BCUT2D eigenvalue weighted by molar-refractivity contribution is -0.137. The van der Waals surface area contributed by atoms with E-state index in [-0.39, 0.29) is 17.4 Å². The van der Waals surface area contributed by atoms with Crippen LogP contribution in [-0.2, 0) is 19.4 Å². The Balaban J connectivity index is 2.44. The Bertz CT molecular complexity index is 492. The second-order valence-corrected chi connectivity index (χ2v) is 5.96. The van der Waals surface area contributed by atoms with E-state index in [9.17, 15) is 13.2 Å². The fraction of sp³-hybridized carbons (Fsp3) is 0.364. The number of rotatable bonds is 2. The highest BCUT2D eigenvalue weighted by Gasteiger charge is 2.44. The van der Waals surface area contributed by atoms with Crippen molar-refractivity contribution in [3.63, 3.8) is 0 Å². The smallest absolute Gasteiger partial charge is 0.325 e. The monoisotopic (exact) mass is 240 g/mol. The third kappa shape index (κ3) is 1.71. The third-order valence-electron chi connectivity index (χ3n) is 2.64. The summed E-state index contributed by atoms with van der Waals surface area (Å²) in [7, 11) is -3.61. The number of cyclic esters (lactones) is 1. The van der Waals surface area contributed by atoms with Gasteiger partial charge in [0.05, 0.1) is 11.5 Å². The molecule has 1 aromatic rings. The van der Waals surface area contributed by atoms with Crippen LogP contribution in [-0.4, -0.2) is 26.2 Å². The normalized spacial score (nSPS) is 25.4. The zero-order valence-electron chi connectivity index (χ0n) is 8.79. The second kappa shape index (κ2) is 3.90. The predicted molar refractivity (Wildman–Crippen MR) is 57.5 cm³/mol. The summed E-state index contributed by atoms with van der Waals surface area (Å²) in [4.78, 5) is 11.6. The van der Waals surface area contributed by atoms with Crippen LogP contribution < -0.4 is 0 Å². The highest BCUT2D eigenvalue weighted by atomic mass is 32.2. The van der Waals surface area contributed by atoms with Crippen LogP contribution in [0.3, 0.4) is 0 Å². The minimum atomic E-state index is -3.61. The van der Waals surface area contributed by atoms with E-state index >= 15 is 0 Å². The van der Waals surface area contributed by atoms with Gasteiger partial charge in [-0.3, -0.25) is 4.79 Å². The molecule has 5 heteroatoms. The van der Waals surface area contributed by atoms with Gasteiger partial charge in [-0.15, -0.1) is 0 Å². The van der Waals surface area contributed by atoms with Crippen molar-refractivity contribution < 1.29 is 17.9 Å². The van der Waals surface area contributed by atoms with Gasteiger partial charge in [-0.1, -0.05) is 25.1 Å². The van der Waals surface area contributed by atoms with Crippen LogP contribution in [0.2, 0.25) is 0 Å². The standard InChI is InChI=1S/C11H12O4S/c1-8-7-15-11(12)10(8)16(13,14)9-5-3-2-4-6-9/h2-6,8,10H,7H2,1H3/t8-,10+/m1/s1. The van der Waals surface area contributed by atoms with Crippen molar-refractivity contribution in [3.8, 4) is 0 Å². The average molecular weight is 240 g/mol. The quantitative estimate of drug-likeness (QED) is 0.724. The largest absolute Gasteiger partial charge is 0.464 e. The summed E-state index contributed by atoms with van der Waals surface area (Å²) in [6.07, 6.45) is 0. The fourth-order valence-electron chi connectivity index (χ4n) is 1.80. The molecule has 0 radical (unpaired) electrons. The molecule has 86 valence electrons. The number of ether oxygens (including phenoxy) is 1. The van der Waals surface area contributed by atoms with Crippen molar-refractivity contribution in [1.82, 2.24) is 0 Å². The van der Waals surface area contributed by atoms with E-state index in [0.717, 1.165) is 0 Å². The van der Waals surface area contributed by atoms with Crippen molar-refractivity contribution in [1.29, 1.82) is 0 Å². The van der Waals surface area contributed by atoms with Crippen LogP contribution in [0.5, 0.6) is 0 Å². The van der Waals surface area contributed by atoms with Crippen LogP contribution >= 0.6 is 0 Å². The SMILES string of the molecule is C[C@@H]1COC(=O)[C@H]1S(=O)(=O)c1ccccc1. The molecule has 1 saturated heterocycles. The van der Waals surface area contributed by atoms with E-state index in [1.54, 1.807) is 25.1 Å². The second-order valence-electron chi connectivity index (χ2n) is 3.89. The van der Waals surface area contributed by atoms with Gasteiger partial charge < -0.3 is 4.74 Å². The lowest BCUT2D eigenvalue weighted by Gasteiger charge is -2.11. The first-order chi connectivity index (χ1) is 7.53. The zero-order chi connectivity index (χ0) is 11.8. The van der Waals surface area contributed by atoms with Crippen molar-refractivity contribution >= 4 is 15.8 Å². The maximum atomic E-state index is 12.2. The number of hydrogen-bond donors (Lipinski definition) is 0. The predicted octanol–water partition coefficient (Wildman–Crippen LogP) is 1.02. The molecule has 0 spiro atoms. The number of carbonyl (C=O) groups excluding carboxylic acids is 1. The summed E-state index contributed by atoms with van der Waals surface area (Å²) in [5.41, 5.74) is 0. The van der Waals surface area contributed by atoms with Crippen LogP contribution in [0.25, 0.3) is 0 Å². The molecule has 2 rings (SSSR count). The number of benzene rings is 1. The van der Waals surface area contributed by atoms with Crippen LogP contribution in [0.15, 0.2) is 35.2 Å². The van der Waals surface area contributed by atoms with Crippen LogP contribution in [0, 0.1) is 5.92 Å². The molecule has 0 unspecified atom stereocenters. The van der Waals surface area contributed by atoms with Gasteiger partial charge in [-0.2, -0.15) is 0 Å². The van der Waals surface area contributed by atoms with E-state index < -0.39 is 21.1 Å². The van der Waals surface area contributed by atoms with E-state index in [1.807, 2.05) is 0 Å². The van der Waals surface area contributed by atoms with Crippen molar-refractivity contribution in [3.05, 3.63) is 30.3 Å². The Hall–Kier alpha value is -1.36. The maximum absolute atomic E-state index is 12.2. The number of esters is 1. The maximum Gasteiger partial charge on any atom is 0.325 e. The molecule has 0 N–H and O–H groups in total. The molecule has 1 aliphatic heterocycles. The van der Waals surface area contributed by atoms with Crippen molar-refractivity contribution in [2.45, 2.75) is 17.1 Å². The van der Waals surface area contributed by atoms with Crippen LogP contribution in [0.4, 0.5) is 0 Å². The molecule has 4 nitrogen and oxygen atoms in total. The summed E-state index contributed by atoms with van der Waals surface area (Å²) in [6, 6.07) is 7.99. The molecule has 2 atom stereocenters. The zero-order valence-corrected chi connectivity index (χ0v) is 9.61. The van der Waals surface area contributed by atoms with E-state index in [4.69, 9.17) is 4.74 Å². The van der Waals surface area contributed by atoms with Gasteiger partial charge in [0.15, 0.2) is 15.1 Å². The minimum absolute atomic E-state index is 0.172. The molecule has 1 aliphatic rings. The summed E-state index contributed by atoms with van der Waals surface area (Å²) in [5.74, 6) is -0.936. The topological polar surface area (TPSA) is 60.4 Å². The van der Waals surface area contributed by atoms with Crippen molar-refractivity contribution in [2.75, 3.05) is 6.61 Å². The highest BCUT2D eigenvalue weighted by Crippen LogP contribution is 2.27. The van der Waals surface area contributed by atoms with Gasteiger partial charge in [-0.25, -0.2) is 8.42 Å². The highest BCUT2D eigenvalue weighted by molar-refractivity contribution is 7.92. The van der Waals surface area contributed by atoms with Crippen molar-refractivity contribution in [2.24, 2.45) is 5.92 Å². The number of sulfone groups is 1. The Kier molecular flexibility index (Phi) is 2.71. The molecule has 0 saturated carbocycles. The average Bonchev–Trinajstić information content (AvgIpc) is 2.60.